The first kappa shape index (κ1) is 14.3. The number of aliphatic hydroxyl groups excluding tert-OH is 1. The summed E-state index contributed by atoms with van der Waals surface area (Å²) in [4.78, 5) is 4.29. The molecule has 0 amide bonds. The number of methoxy groups -OCH3 is 2. The second kappa shape index (κ2) is 6.39. The summed E-state index contributed by atoms with van der Waals surface area (Å²) in [5.41, 5.74) is 1.60. The maximum Gasteiger partial charge on any atom is 0.122 e. The lowest BCUT2D eigenvalue weighted by molar-refractivity contribution is 0.149. The molecule has 0 aliphatic carbocycles. The summed E-state index contributed by atoms with van der Waals surface area (Å²) in [5, 5.41) is 10.5. The van der Waals surface area contributed by atoms with Crippen molar-refractivity contribution in [3.63, 3.8) is 0 Å². The monoisotopic (exact) mass is 273 g/mol. The molecular formula is C16H19NO3. The highest BCUT2D eigenvalue weighted by Gasteiger charge is 2.20. The van der Waals surface area contributed by atoms with Gasteiger partial charge in [-0.05, 0) is 29.8 Å². The fraction of sp³-hybridized carbons (Fsp3) is 0.312. The van der Waals surface area contributed by atoms with E-state index >= 15 is 0 Å². The van der Waals surface area contributed by atoms with E-state index in [0.717, 1.165) is 11.3 Å². The van der Waals surface area contributed by atoms with E-state index in [1.807, 2.05) is 37.3 Å². The third kappa shape index (κ3) is 3.08. The number of hydrogen-bond donors (Lipinski definition) is 1. The number of ether oxygens (including phenoxy) is 2. The lowest BCUT2D eigenvalue weighted by atomic mass is 9.94. The zero-order valence-electron chi connectivity index (χ0n) is 11.9. The Morgan fingerprint density at radius 3 is 2.20 bits per heavy atom. The summed E-state index contributed by atoms with van der Waals surface area (Å²) >= 11 is 0. The predicted molar refractivity (Wildman–Crippen MR) is 77.2 cm³/mol. The highest BCUT2D eigenvalue weighted by molar-refractivity contribution is 5.40. The zero-order chi connectivity index (χ0) is 14.5. The van der Waals surface area contributed by atoms with Gasteiger partial charge in [0.2, 0.25) is 0 Å². The molecule has 0 spiro atoms. The van der Waals surface area contributed by atoms with E-state index in [1.54, 1.807) is 26.5 Å². The van der Waals surface area contributed by atoms with Gasteiger partial charge in [-0.3, -0.25) is 4.98 Å². The van der Waals surface area contributed by atoms with Gasteiger partial charge < -0.3 is 14.6 Å². The Balaban J connectivity index is 2.30. The second-order valence-electron chi connectivity index (χ2n) is 4.63. The van der Waals surface area contributed by atoms with Crippen LogP contribution in [0.3, 0.4) is 0 Å². The van der Waals surface area contributed by atoms with Crippen LogP contribution in [0.4, 0.5) is 0 Å². The smallest absolute Gasteiger partial charge is 0.122 e. The summed E-state index contributed by atoms with van der Waals surface area (Å²) in [6, 6.07) is 11.1. The Labute approximate surface area is 119 Å². The van der Waals surface area contributed by atoms with Crippen LogP contribution in [-0.4, -0.2) is 24.3 Å². The van der Waals surface area contributed by atoms with Gasteiger partial charge in [0.05, 0.1) is 20.3 Å². The fourth-order valence-corrected chi connectivity index (χ4v) is 2.10. The highest BCUT2D eigenvalue weighted by Crippen LogP contribution is 2.33. The number of aliphatic hydroxyl groups is 1. The van der Waals surface area contributed by atoms with Crippen LogP contribution < -0.4 is 9.47 Å². The molecule has 0 aliphatic rings. The van der Waals surface area contributed by atoms with Crippen molar-refractivity contribution in [1.82, 2.24) is 4.98 Å². The van der Waals surface area contributed by atoms with Crippen molar-refractivity contribution < 1.29 is 14.6 Å². The molecule has 0 saturated carbocycles. The molecule has 2 atom stereocenters. The first-order valence-electron chi connectivity index (χ1n) is 6.47. The van der Waals surface area contributed by atoms with Crippen molar-refractivity contribution in [1.29, 1.82) is 0 Å². The molecule has 4 nitrogen and oxygen atoms in total. The van der Waals surface area contributed by atoms with Gasteiger partial charge in [-0.25, -0.2) is 0 Å². The number of aromatic nitrogens is 1. The normalized spacial score (nSPS) is 13.6. The Morgan fingerprint density at radius 1 is 1.05 bits per heavy atom. The van der Waals surface area contributed by atoms with E-state index in [-0.39, 0.29) is 5.92 Å². The molecule has 106 valence electrons. The van der Waals surface area contributed by atoms with Crippen LogP contribution in [-0.2, 0) is 0 Å². The molecular weight excluding hydrogens is 254 g/mol. The molecule has 1 heterocycles. The van der Waals surface area contributed by atoms with Crippen LogP contribution in [0.1, 0.15) is 30.2 Å². The summed E-state index contributed by atoms with van der Waals surface area (Å²) < 4.78 is 10.5. The maximum absolute atomic E-state index is 10.5. The zero-order valence-corrected chi connectivity index (χ0v) is 11.9. The maximum atomic E-state index is 10.5. The van der Waals surface area contributed by atoms with Crippen molar-refractivity contribution in [3.05, 3.63) is 53.9 Å². The molecule has 0 saturated heterocycles. The first-order valence-corrected chi connectivity index (χ1v) is 6.47. The first-order chi connectivity index (χ1) is 9.65. The number of rotatable bonds is 5. The van der Waals surface area contributed by atoms with E-state index in [4.69, 9.17) is 9.47 Å². The molecule has 2 rings (SSSR count). The van der Waals surface area contributed by atoms with E-state index in [1.165, 1.54) is 0 Å². The molecule has 0 aliphatic heterocycles. The highest BCUT2D eigenvalue weighted by atomic mass is 16.5. The van der Waals surface area contributed by atoms with Crippen LogP contribution in [0, 0.1) is 0 Å². The van der Waals surface area contributed by atoms with Gasteiger partial charge in [-0.2, -0.15) is 0 Å². The van der Waals surface area contributed by atoms with Crippen LogP contribution in [0.25, 0.3) is 0 Å². The predicted octanol–water partition coefficient (Wildman–Crippen LogP) is 2.94. The largest absolute Gasteiger partial charge is 0.497 e. The average molecular weight is 273 g/mol. The van der Waals surface area contributed by atoms with Crippen LogP contribution in [0.5, 0.6) is 11.5 Å². The van der Waals surface area contributed by atoms with Gasteiger partial charge in [0.25, 0.3) is 0 Å². The summed E-state index contributed by atoms with van der Waals surface area (Å²) in [7, 11) is 3.18. The number of hydrogen-bond acceptors (Lipinski definition) is 4. The number of pyridine rings is 1. The second-order valence-corrected chi connectivity index (χ2v) is 4.63. The van der Waals surface area contributed by atoms with Crippen molar-refractivity contribution in [3.8, 4) is 11.5 Å². The minimum atomic E-state index is -0.672. The summed E-state index contributed by atoms with van der Waals surface area (Å²) in [6.07, 6.45) is 1.05. The van der Waals surface area contributed by atoms with Gasteiger partial charge in [0, 0.05) is 23.9 Å². The van der Waals surface area contributed by atoms with Crippen LogP contribution in [0.15, 0.2) is 42.6 Å². The topological polar surface area (TPSA) is 51.6 Å². The van der Waals surface area contributed by atoms with Crippen molar-refractivity contribution in [2.45, 2.75) is 18.9 Å². The molecule has 1 aromatic heterocycles. The molecule has 4 heteroatoms. The Bertz CT molecular complexity index is 535. The molecule has 2 aromatic rings. The average Bonchev–Trinajstić information content (AvgIpc) is 2.53. The van der Waals surface area contributed by atoms with Gasteiger partial charge in [-0.1, -0.05) is 13.0 Å². The Hall–Kier alpha value is -2.07. The summed E-state index contributed by atoms with van der Waals surface area (Å²) in [5.74, 6) is 1.20. The van der Waals surface area contributed by atoms with Crippen molar-refractivity contribution in [2.24, 2.45) is 0 Å². The number of benzene rings is 1. The van der Waals surface area contributed by atoms with E-state index in [2.05, 4.69) is 4.98 Å². The third-order valence-electron chi connectivity index (χ3n) is 3.34. The standard InChI is InChI=1S/C16H19NO3/c1-11(15-6-4-5-7-17-15)16(18)12-8-13(19-2)10-14(9-12)20-3/h4-11,16,18H,1-3H3. The molecule has 2 unspecified atom stereocenters. The Kier molecular flexibility index (Phi) is 4.58. The van der Waals surface area contributed by atoms with E-state index in [0.29, 0.717) is 11.5 Å². The molecule has 0 bridgehead atoms. The van der Waals surface area contributed by atoms with Crippen molar-refractivity contribution >= 4 is 0 Å². The lowest BCUT2D eigenvalue weighted by Crippen LogP contribution is -2.09. The molecule has 20 heavy (non-hydrogen) atoms. The molecule has 1 N–H and O–H groups in total. The summed E-state index contributed by atoms with van der Waals surface area (Å²) in [6.45, 7) is 1.94. The van der Waals surface area contributed by atoms with E-state index in [9.17, 15) is 5.11 Å². The quantitative estimate of drug-likeness (QED) is 0.910. The molecule has 0 radical (unpaired) electrons. The fourth-order valence-electron chi connectivity index (χ4n) is 2.10. The minimum Gasteiger partial charge on any atom is -0.497 e. The minimum absolute atomic E-state index is 0.118. The number of nitrogens with zero attached hydrogens (tertiary/aromatic N) is 1. The van der Waals surface area contributed by atoms with E-state index < -0.39 is 6.10 Å². The van der Waals surface area contributed by atoms with Gasteiger partial charge in [0.1, 0.15) is 11.5 Å². The lowest BCUT2D eigenvalue weighted by Gasteiger charge is -2.20. The van der Waals surface area contributed by atoms with Gasteiger partial charge >= 0.3 is 0 Å². The Morgan fingerprint density at radius 2 is 1.70 bits per heavy atom. The van der Waals surface area contributed by atoms with Gasteiger partial charge in [0.15, 0.2) is 0 Å². The SMILES string of the molecule is COc1cc(OC)cc(C(O)C(C)c2ccccn2)c1. The third-order valence-corrected chi connectivity index (χ3v) is 3.34. The van der Waals surface area contributed by atoms with Crippen LogP contribution >= 0.6 is 0 Å². The molecule has 1 aromatic carbocycles. The molecule has 0 fully saturated rings. The van der Waals surface area contributed by atoms with Gasteiger partial charge in [-0.15, -0.1) is 0 Å². The van der Waals surface area contributed by atoms with Crippen molar-refractivity contribution in [2.75, 3.05) is 14.2 Å². The van der Waals surface area contributed by atoms with Crippen LogP contribution in [0.2, 0.25) is 0 Å².